The first-order valence-electron chi connectivity index (χ1n) is 18.2. The van der Waals surface area contributed by atoms with Gasteiger partial charge in [-0.1, -0.05) is 134 Å². The second kappa shape index (κ2) is 13.4. The number of nitrogens with zero attached hydrogens (tertiary/aromatic N) is 2. The van der Waals surface area contributed by atoms with Gasteiger partial charge in [-0.05, 0) is 122 Å². The first kappa shape index (κ1) is 31.6. The highest BCUT2D eigenvalue weighted by molar-refractivity contribution is 5.99. The van der Waals surface area contributed by atoms with Crippen molar-refractivity contribution in [2.45, 2.75) is 12.8 Å². The zero-order valence-electron chi connectivity index (χ0n) is 29.5. The largest absolute Gasteiger partial charge is 0.345 e. The van der Waals surface area contributed by atoms with E-state index in [4.69, 9.17) is 0 Å². The fraction of sp³-hybridized carbons (Fsp3) is 0.0800. The van der Waals surface area contributed by atoms with E-state index < -0.39 is 0 Å². The summed E-state index contributed by atoms with van der Waals surface area (Å²) in [5, 5.41) is 7.55. The zero-order chi connectivity index (χ0) is 35.0. The van der Waals surface area contributed by atoms with Gasteiger partial charge in [-0.25, -0.2) is 0 Å². The lowest BCUT2D eigenvalue weighted by atomic mass is 9.83. The molecule has 0 fully saturated rings. The van der Waals surface area contributed by atoms with E-state index in [1.54, 1.807) is 0 Å². The van der Waals surface area contributed by atoms with Gasteiger partial charge >= 0.3 is 0 Å². The number of allylic oxidation sites excluding steroid dienone is 3. The SMILES string of the molecule is CC1C=C(N(C)c2ccc3cc4ccccc4cc3c2)C=CC1c1ccc(N(c2cccc(-c3ccccc3)c2)c2ccc3ccccc3c2)cc1. The molecule has 0 saturated carbocycles. The third-order valence-electron chi connectivity index (χ3n) is 10.7. The number of likely N-dealkylation sites (N-methyl/N-ethyl adjacent to an activating group) is 1. The van der Waals surface area contributed by atoms with Crippen molar-refractivity contribution < 1.29 is 0 Å². The summed E-state index contributed by atoms with van der Waals surface area (Å²) >= 11 is 0. The van der Waals surface area contributed by atoms with E-state index in [0.717, 1.165) is 17.1 Å². The van der Waals surface area contributed by atoms with Crippen LogP contribution < -0.4 is 9.80 Å². The molecule has 8 aromatic carbocycles. The molecular formula is C50H40N2. The summed E-state index contributed by atoms with van der Waals surface area (Å²) in [6, 6.07) is 64.0. The molecule has 0 N–H and O–H groups in total. The van der Waals surface area contributed by atoms with Crippen LogP contribution in [0.5, 0.6) is 0 Å². The van der Waals surface area contributed by atoms with Gasteiger partial charge < -0.3 is 9.80 Å². The fourth-order valence-corrected chi connectivity index (χ4v) is 7.79. The van der Waals surface area contributed by atoms with Crippen molar-refractivity contribution in [3.63, 3.8) is 0 Å². The minimum atomic E-state index is 0.296. The average Bonchev–Trinajstić information content (AvgIpc) is 3.20. The molecule has 2 nitrogen and oxygen atoms in total. The topological polar surface area (TPSA) is 6.48 Å². The van der Waals surface area contributed by atoms with Crippen LogP contribution in [0.3, 0.4) is 0 Å². The number of benzene rings is 8. The van der Waals surface area contributed by atoms with Gasteiger partial charge in [-0.3, -0.25) is 0 Å². The van der Waals surface area contributed by atoms with E-state index in [9.17, 15) is 0 Å². The zero-order valence-corrected chi connectivity index (χ0v) is 29.5. The minimum Gasteiger partial charge on any atom is -0.345 e. The molecule has 2 atom stereocenters. The molecule has 0 amide bonds. The van der Waals surface area contributed by atoms with Gasteiger partial charge in [0.2, 0.25) is 0 Å². The highest BCUT2D eigenvalue weighted by Crippen LogP contribution is 2.40. The summed E-state index contributed by atoms with van der Waals surface area (Å²) in [7, 11) is 2.17. The summed E-state index contributed by atoms with van der Waals surface area (Å²) in [5.41, 5.74) is 9.55. The maximum atomic E-state index is 2.42. The molecule has 0 aliphatic heterocycles. The van der Waals surface area contributed by atoms with Crippen LogP contribution in [0.1, 0.15) is 18.4 Å². The second-order valence-electron chi connectivity index (χ2n) is 14.0. The molecule has 2 unspecified atom stereocenters. The molecule has 0 spiro atoms. The van der Waals surface area contributed by atoms with Gasteiger partial charge in [0, 0.05) is 41.4 Å². The third kappa shape index (κ3) is 6.03. The molecule has 1 aliphatic carbocycles. The smallest absolute Gasteiger partial charge is 0.0468 e. The number of hydrogen-bond donors (Lipinski definition) is 0. The van der Waals surface area contributed by atoms with E-state index >= 15 is 0 Å². The molecule has 8 aromatic rings. The van der Waals surface area contributed by atoms with Crippen LogP contribution in [-0.4, -0.2) is 7.05 Å². The molecule has 1 aliphatic rings. The van der Waals surface area contributed by atoms with Crippen LogP contribution >= 0.6 is 0 Å². The lowest BCUT2D eigenvalue weighted by Gasteiger charge is -2.30. The van der Waals surface area contributed by atoms with Crippen LogP contribution in [-0.2, 0) is 0 Å². The molecule has 0 heterocycles. The summed E-state index contributed by atoms with van der Waals surface area (Å²) < 4.78 is 0. The van der Waals surface area contributed by atoms with Gasteiger partial charge in [0.15, 0.2) is 0 Å². The van der Waals surface area contributed by atoms with Crippen molar-refractivity contribution in [1.82, 2.24) is 0 Å². The summed E-state index contributed by atoms with van der Waals surface area (Å²) in [5.74, 6) is 0.640. The minimum absolute atomic E-state index is 0.296. The first-order chi connectivity index (χ1) is 25.6. The van der Waals surface area contributed by atoms with Gasteiger partial charge in [0.25, 0.3) is 0 Å². The van der Waals surface area contributed by atoms with Gasteiger partial charge in [0.05, 0.1) is 0 Å². The van der Waals surface area contributed by atoms with Crippen molar-refractivity contribution in [2.75, 3.05) is 16.8 Å². The number of rotatable bonds is 7. The Bertz CT molecular complexity index is 2620. The fourth-order valence-electron chi connectivity index (χ4n) is 7.79. The molecule has 0 aromatic heterocycles. The van der Waals surface area contributed by atoms with Crippen molar-refractivity contribution >= 4 is 55.1 Å². The molecule has 52 heavy (non-hydrogen) atoms. The Kier molecular flexibility index (Phi) is 8.14. The standard InChI is InChI=1S/C50H40N2/c1-35-29-46(51(2)47-25-22-43-30-39-14-8-9-15-40(39)31-44(43)34-47)27-28-50(35)38-20-23-45(24-21-38)52(49-26-19-37-13-6-7-16-41(37)33-49)48-18-10-17-42(32-48)36-11-4-3-5-12-36/h3-35,50H,1-2H3. The monoisotopic (exact) mass is 668 g/mol. The van der Waals surface area contributed by atoms with E-state index in [-0.39, 0.29) is 0 Å². The van der Waals surface area contributed by atoms with Crippen LogP contribution in [0, 0.1) is 5.92 Å². The predicted octanol–water partition coefficient (Wildman–Crippen LogP) is 13.6. The quantitative estimate of drug-likeness (QED) is 0.156. The van der Waals surface area contributed by atoms with Crippen molar-refractivity contribution in [1.29, 1.82) is 0 Å². The van der Waals surface area contributed by atoms with Crippen molar-refractivity contribution in [2.24, 2.45) is 5.92 Å². The average molecular weight is 669 g/mol. The molecular weight excluding hydrogens is 629 g/mol. The lowest BCUT2D eigenvalue weighted by Crippen LogP contribution is -2.20. The maximum absolute atomic E-state index is 2.42. The molecule has 0 radical (unpaired) electrons. The highest BCUT2D eigenvalue weighted by atomic mass is 15.1. The number of fused-ring (bicyclic) bond motifs is 3. The summed E-state index contributed by atoms with van der Waals surface area (Å²) in [4.78, 5) is 4.69. The Morgan fingerprint density at radius 2 is 0.981 bits per heavy atom. The van der Waals surface area contributed by atoms with Gasteiger partial charge in [0.1, 0.15) is 0 Å². The third-order valence-corrected chi connectivity index (χ3v) is 10.7. The van der Waals surface area contributed by atoms with Crippen molar-refractivity contribution in [3.05, 3.63) is 205 Å². The van der Waals surface area contributed by atoms with Crippen LogP contribution in [0.15, 0.2) is 200 Å². The van der Waals surface area contributed by atoms with Crippen LogP contribution in [0.4, 0.5) is 22.7 Å². The highest BCUT2D eigenvalue weighted by Gasteiger charge is 2.22. The first-order valence-corrected chi connectivity index (χ1v) is 18.2. The summed E-state index contributed by atoms with van der Waals surface area (Å²) in [6.45, 7) is 2.33. The molecule has 9 rings (SSSR count). The van der Waals surface area contributed by atoms with Gasteiger partial charge in [-0.15, -0.1) is 0 Å². The Hall–Kier alpha value is -6.38. The maximum Gasteiger partial charge on any atom is 0.0468 e. The van der Waals surface area contributed by atoms with E-state index in [1.165, 1.54) is 60.4 Å². The normalized spacial score (nSPS) is 15.5. The predicted molar refractivity (Wildman–Crippen MR) is 223 cm³/mol. The Morgan fingerprint density at radius 3 is 1.73 bits per heavy atom. The molecule has 250 valence electrons. The van der Waals surface area contributed by atoms with Crippen LogP contribution in [0.25, 0.3) is 43.4 Å². The molecule has 2 heteroatoms. The Morgan fingerprint density at radius 1 is 0.423 bits per heavy atom. The molecule has 0 saturated heterocycles. The molecule has 0 bridgehead atoms. The number of anilines is 4. The summed E-state index contributed by atoms with van der Waals surface area (Å²) in [6.07, 6.45) is 7.09. The number of hydrogen-bond acceptors (Lipinski definition) is 2. The Labute approximate surface area is 306 Å². The van der Waals surface area contributed by atoms with E-state index in [1.807, 2.05) is 0 Å². The second-order valence-corrected chi connectivity index (χ2v) is 14.0. The Balaban J connectivity index is 1.00. The van der Waals surface area contributed by atoms with E-state index in [0.29, 0.717) is 11.8 Å². The van der Waals surface area contributed by atoms with Crippen molar-refractivity contribution in [3.8, 4) is 11.1 Å². The van der Waals surface area contributed by atoms with Crippen LogP contribution in [0.2, 0.25) is 0 Å². The van der Waals surface area contributed by atoms with E-state index in [2.05, 4.69) is 218 Å². The lowest BCUT2D eigenvalue weighted by molar-refractivity contribution is 0.627. The van der Waals surface area contributed by atoms with Gasteiger partial charge in [-0.2, -0.15) is 0 Å².